The van der Waals surface area contributed by atoms with Gasteiger partial charge < -0.3 is 42.3 Å². The van der Waals surface area contributed by atoms with Crippen molar-refractivity contribution in [2.45, 2.75) is 62.9 Å². The van der Waals surface area contributed by atoms with Crippen LogP contribution in [0.3, 0.4) is 0 Å². The molecule has 4 amide bonds. The van der Waals surface area contributed by atoms with E-state index in [9.17, 15) is 34.2 Å². The van der Waals surface area contributed by atoms with Gasteiger partial charge in [-0.15, -0.1) is 0 Å². The van der Waals surface area contributed by atoms with Gasteiger partial charge in [0.15, 0.2) is 0 Å². The van der Waals surface area contributed by atoms with Crippen LogP contribution in [0.5, 0.6) is 0 Å². The lowest BCUT2D eigenvalue weighted by molar-refractivity contribution is -0.143. The minimum atomic E-state index is -1.57. The molecule has 5 unspecified atom stereocenters. The normalized spacial score (nSPS) is 19.8. The zero-order valence-electron chi connectivity index (χ0n) is 16.6. The van der Waals surface area contributed by atoms with Gasteiger partial charge in [0.1, 0.15) is 18.1 Å². The molecule has 1 aliphatic rings. The Morgan fingerprint density at radius 1 is 1.10 bits per heavy atom. The Labute approximate surface area is 172 Å². The SMILES string of the molecule is CC(O)C(NC(=O)C(CO)NC(=O)C1CCCN1)C(=O)NC(CCC(N)=O)C(=O)O. The number of aliphatic carboxylic acids is 1. The average Bonchev–Trinajstić information content (AvgIpc) is 3.21. The van der Waals surface area contributed by atoms with Crippen molar-refractivity contribution in [2.24, 2.45) is 5.73 Å². The van der Waals surface area contributed by atoms with Gasteiger partial charge in [-0.2, -0.15) is 0 Å². The fourth-order valence-corrected chi connectivity index (χ4v) is 2.84. The van der Waals surface area contributed by atoms with Crippen LogP contribution in [0.15, 0.2) is 0 Å². The van der Waals surface area contributed by atoms with E-state index in [0.717, 1.165) is 6.42 Å². The molecule has 0 saturated carbocycles. The quantitative estimate of drug-likeness (QED) is 0.150. The number of rotatable bonds is 12. The molecule has 0 bridgehead atoms. The molecule has 1 heterocycles. The average molecular weight is 431 g/mol. The molecule has 1 fully saturated rings. The number of nitrogens with two attached hydrogens (primary N) is 1. The van der Waals surface area contributed by atoms with Crippen molar-refractivity contribution in [3.8, 4) is 0 Å². The number of carboxylic acid groups (broad SMARTS) is 1. The van der Waals surface area contributed by atoms with Crippen molar-refractivity contribution >= 4 is 29.6 Å². The number of hydrogen-bond acceptors (Lipinski definition) is 8. The first kappa shape index (κ1) is 25.3. The van der Waals surface area contributed by atoms with E-state index >= 15 is 0 Å². The summed E-state index contributed by atoms with van der Waals surface area (Å²) >= 11 is 0. The predicted octanol–water partition coefficient (Wildman–Crippen LogP) is -4.08. The van der Waals surface area contributed by atoms with Gasteiger partial charge in [-0.25, -0.2) is 4.79 Å². The van der Waals surface area contributed by atoms with E-state index in [1.807, 2.05) is 0 Å². The number of primary amides is 1. The largest absolute Gasteiger partial charge is 0.480 e. The lowest BCUT2D eigenvalue weighted by Crippen LogP contribution is -2.60. The number of carbonyl (C=O) groups is 5. The Hall–Kier alpha value is -2.77. The van der Waals surface area contributed by atoms with E-state index in [1.165, 1.54) is 6.92 Å². The lowest BCUT2D eigenvalue weighted by Gasteiger charge is -2.25. The van der Waals surface area contributed by atoms with Crippen molar-refractivity contribution in [2.75, 3.05) is 13.2 Å². The second kappa shape index (κ2) is 12.0. The van der Waals surface area contributed by atoms with Gasteiger partial charge in [0.2, 0.25) is 23.6 Å². The number of carboxylic acids is 1. The van der Waals surface area contributed by atoms with Gasteiger partial charge in [-0.3, -0.25) is 19.2 Å². The number of carbonyl (C=O) groups excluding carboxylic acids is 4. The molecular formula is C17H29N5O8. The Bertz CT molecular complexity index is 650. The Kier molecular flexibility index (Phi) is 10.1. The van der Waals surface area contributed by atoms with Crippen molar-refractivity contribution in [3.05, 3.63) is 0 Å². The molecule has 0 spiro atoms. The van der Waals surface area contributed by atoms with Crippen LogP contribution in [0, 0.1) is 0 Å². The van der Waals surface area contributed by atoms with E-state index < -0.39 is 66.5 Å². The maximum Gasteiger partial charge on any atom is 0.326 e. The lowest BCUT2D eigenvalue weighted by atomic mass is 10.1. The van der Waals surface area contributed by atoms with E-state index in [0.29, 0.717) is 13.0 Å². The molecule has 0 aromatic carbocycles. The monoisotopic (exact) mass is 431 g/mol. The number of aliphatic hydroxyl groups excluding tert-OH is 2. The van der Waals surface area contributed by atoms with E-state index in [1.54, 1.807) is 0 Å². The summed E-state index contributed by atoms with van der Waals surface area (Å²) in [7, 11) is 0. The first-order chi connectivity index (χ1) is 14.1. The smallest absolute Gasteiger partial charge is 0.326 e. The standard InChI is InChI=1S/C17H29N5O8/c1-8(24)13(16(28)20-10(17(29)30)4-5-12(18)25)22-15(27)11(7-23)21-14(26)9-3-2-6-19-9/h8-11,13,19,23-24H,2-7H2,1H3,(H2,18,25)(H,20,28)(H,21,26)(H,22,27)(H,29,30). The molecule has 5 atom stereocenters. The fourth-order valence-electron chi connectivity index (χ4n) is 2.84. The molecular weight excluding hydrogens is 402 g/mol. The van der Waals surface area contributed by atoms with Gasteiger partial charge in [-0.1, -0.05) is 0 Å². The first-order valence-corrected chi connectivity index (χ1v) is 9.51. The van der Waals surface area contributed by atoms with Crippen LogP contribution in [-0.4, -0.2) is 88.3 Å². The third-order valence-electron chi connectivity index (χ3n) is 4.55. The Morgan fingerprint density at radius 3 is 2.23 bits per heavy atom. The molecule has 0 radical (unpaired) electrons. The zero-order chi connectivity index (χ0) is 22.8. The van der Waals surface area contributed by atoms with Crippen molar-refractivity contribution in [1.29, 1.82) is 0 Å². The number of aliphatic hydroxyl groups is 2. The predicted molar refractivity (Wildman–Crippen MR) is 102 cm³/mol. The van der Waals surface area contributed by atoms with Gasteiger partial charge in [0, 0.05) is 6.42 Å². The minimum Gasteiger partial charge on any atom is -0.480 e. The van der Waals surface area contributed by atoms with Crippen molar-refractivity contribution in [3.63, 3.8) is 0 Å². The zero-order valence-corrected chi connectivity index (χ0v) is 16.6. The van der Waals surface area contributed by atoms with Gasteiger partial charge in [0.25, 0.3) is 0 Å². The molecule has 1 rings (SSSR count). The van der Waals surface area contributed by atoms with Crippen molar-refractivity contribution in [1.82, 2.24) is 21.3 Å². The maximum atomic E-state index is 12.4. The second-order valence-electron chi connectivity index (χ2n) is 7.02. The molecule has 30 heavy (non-hydrogen) atoms. The maximum absolute atomic E-state index is 12.4. The molecule has 0 aromatic heterocycles. The summed E-state index contributed by atoms with van der Waals surface area (Å²) in [6, 6.07) is -4.91. The molecule has 13 nitrogen and oxygen atoms in total. The van der Waals surface area contributed by atoms with Crippen LogP contribution in [0.2, 0.25) is 0 Å². The van der Waals surface area contributed by atoms with Crippen LogP contribution < -0.4 is 27.0 Å². The summed E-state index contributed by atoms with van der Waals surface area (Å²) in [6.45, 7) is 1.09. The Balaban J connectivity index is 2.75. The summed E-state index contributed by atoms with van der Waals surface area (Å²) in [5.74, 6) is -4.62. The summed E-state index contributed by atoms with van der Waals surface area (Å²) in [5, 5.41) is 38.1. The topological polar surface area (TPSA) is 220 Å². The van der Waals surface area contributed by atoms with Gasteiger partial charge in [-0.05, 0) is 32.7 Å². The second-order valence-corrected chi connectivity index (χ2v) is 7.02. The first-order valence-electron chi connectivity index (χ1n) is 9.51. The minimum absolute atomic E-state index is 0.277. The molecule has 170 valence electrons. The molecule has 0 aromatic rings. The van der Waals surface area contributed by atoms with Gasteiger partial charge in [0.05, 0.1) is 18.8 Å². The van der Waals surface area contributed by atoms with Crippen LogP contribution >= 0.6 is 0 Å². The summed E-state index contributed by atoms with van der Waals surface area (Å²) < 4.78 is 0. The highest BCUT2D eigenvalue weighted by Gasteiger charge is 2.33. The van der Waals surface area contributed by atoms with Crippen LogP contribution in [-0.2, 0) is 24.0 Å². The molecule has 13 heteroatoms. The molecule has 1 aliphatic heterocycles. The summed E-state index contributed by atoms with van der Waals surface area (Å²) in [6.07, 6.45) is -0.631. The van der Waals surface area contributed by atoms with Crippen LogP contribution in [0.1, 0.15) is 32.6 Å². The van der Waals surface area contributed by atoms with E-state index in [-0.39, 0.29) is 12.8 Å². The summed E-state index contributed by atoms with van der Waals surface area (Å²) in [5.41, 5.74) is 4.97. The fraction of sp³-hybridized carbons (Fsp3) is 0.706. The molecule has 1 saturated heterocycles. The number of nitrogens with one attached hydrogen (secondary N) is 4. The van der Waals surface area contributed by atoms with Crippen LogP contribution in [0.4, 0.5) is 0 Å². The van der Waals surface area contributed by atoms with Crippen molar-refractivity contribution < 1.29 is 39.3 Å². The van der Waals surface area contributed by atoms with E-state index in [4.69, 9.17) is 10.8 Å². The third kappa shape index (κ3) is 7.93. The van der Waals surface area contributed by atoms with E-state index in [2.05, 4.69) is 21.3 Å². The van der Waals surface area contributed by atoms with Gasteiger partial charge >= 0.3 is 5.97 Å². The highest BCUT2D eigenvalue weighted by molar-refractivity contribution is 5.94. The highest BCUT2D eigenvalue weighted by atomic mass is 16.4. The summed E-state index contributed by atoms with van der Waals surface area (Å²) in [4.78, 5) is 59.0. The number of hydrogen-bond donors (Lipinski definition) is 8. The molecule has 9 N–H and O–H groups in total. The molecule has 0 aliphatic carbocycles. The highest BCUT2D eigenvalue weighted by Crippen LogP contribution is 2.05. The number of amides is 4. The van der Waals surface area contributed by atoms with Crippen LogP contribution in [0.25, 0.3) is 0 Å². The third-order valence-corrected chi connectivity index (χ3v) is 4.55. The Morgan fingerprint density at radius 2 is 1.77 bits per heavy atom.